The first kappa shape index (κ1) is 17.8. The second kappa shape index (κ2) is 6.65. The molecule has 114 valence electrons. The quantitative estimate of drug-likeness (QED) is 0.762. The summed E-state index contributed by atoms with van der Waals surface area (Å²) < 4.78 is 0.438. The molecule has 0 spiro atoms. The first-order chi connectivity index (χ1) is 8.98. The summed E-state index contributed by atoms with van der Waals surface area (Å²) in [4.78, 5) is 0. The molecule has 0 aliphatic carbocycles. The molecule has 0 heterocycles. The largest absolute Gasteiger partial charge is 0.507 e. The predicted molar refractivity (Wildman–Crippen MR) is 94.9 cm³/mol. The van der Waals surface area contributed by atoms with Gasteiger partial charge in [-0.25, -0.2) is 0 Å². The van der Waals surface area contributed by atoms with E-state index in [0.717, 1.165) is 22.6 Å². The van der Waals surface area contributed by atoms with Gasteiger partial charge in [-0.05, 0) is 6.92 Å². The molecule has 0 amide bonds. The predicted octanol–water partition coefficient (Wildman–Crippen LogP) is 5.76. The van der Waals surface area contributed by atoms with E-state index < -0.39 is 0 Å². The SMILES string of the molecule is Cc1cc(CSC(C)(C)C)c(O)c(CSC(C)(C)C)c1. The fraction of sp³-hybridized carbons (Fsp3) is 0.647. The number of aryl methyl sites for hydroxylation is 1. The van der Waals surface area contributed by atoms with Gasteiger partial charge in [0.1, 0.15) is 5.75 Å². The number of hydrogen-bond donors (Lipinski definition) is 1. The highest BCUT2D eigenvalue weighted by atomic mass is 32.2. The molecular formula is C17H28OS2. The van der Waals surface area contributed by atoms with Crippen LogP contribution in [0.5, 0.6) is 5.75 Å². The van der Waals surface area contributed by atoms with E-state index in [1.54, 1.807) is 0 Å². The maximum atomic E-state index is 10.5. The third-order valence-electron chi connectivity index (χ3n) is 2.73. The summed E-state index contributed by atoms with van der Waals surface area (Å²) in [6.45, 7) is 15.4. The molecule has 1 N–H and O–H groups in total. The lowest BCUT2D eigenvalue weighted by Crippen LogP contribution is -2.08. The highest BCUT2D eigenvalue weighted by Gasteiger charge is 2.16. The normalized spacial score (nSPS) is 12.8. The molecule has 0 aromatic heterocycles. The van der Waals surface area contributed by atoms with Gasteiger partial charge < -0.3 is 5.11 Å². The van der Waals surface area contributed by atoms with E-state index in [1.165, 1.54) is 5.56 Å². The van der Waals surface area contributed by atoms with Crippen LogP contribution in [-0.2, 0) is 11.5 Å². The summed E-state index contributed by atoms with van der Waals surface area (Å²) >= 11 is 3.75. The van der Waals surface area contributed by atoms with Gasteiger partial charge in [0.05, 0.1) is 0 Å². The van der Waals surface area contributed by atoms with Crippen molar-refractivity contribution in [3.8, 4) is 5.75 Å². The summed E-state index contributed by atoms with van der Waals surface area (Å²) in [6, 6.07) is 4.22. The molecule has 1 rings (SSSR count). The number of rotatable bonds is 4. The van der Waals surface area contributed by atoms with Gasteiger partial charge in [0.25, 0.3) is 0 Å². The van der Waals surface area contributed by atoms with Crippen molar-refractivity contribution in [2.24, 2.45) is 0 Å². The number of thioether (sulfide) groups is 2. The molecule has 20 heavy (non-hydrogen) atoms. The average molecular weight is 313 g/mol. The second-order valence-corrected chi connectivity index (χ2v) is 10.8. The Hall–Kier alpha value is -0.280. The van der Waals surface area contributed by atoms with Crippen LogP contribution in [0.3, 0.4) is 0 Å². The molecule has 0 saturated carbocycles. The molecule has 0 saturated heterocycles. The lowest BCUT2D eigenvalue weighted by molar-refractivity contribution is 0.465. The topological polar surface area (TPSA) is 20.2 Å². The van der Waals surface area contributed by atoms with Gasteiger partial charge in [-0.1, -0.05) is 59.2 Å². The molecular weight excluding hydrogens is 284 g/mol. The number of benzene rings is 1. The highest BCUT2D eigenvalue weighted by Crippen LogP contribution is 2.36. The number of hydrogen-bond acceptors (Lipinski definition) is 3. The molecule has 0 aliphatic rings. The van der Waals surface area contributed by atoms with Gasteiger partial charge in [-0.3, -0.25) is 0 Å². The number of phenolic OH excluding ortho intramolecular Hbond substituents is 1. The van der Waals surface area contributed by atoms with Gasteiger partial charge >= 0.3 is 0 Å². The van der Waals surface area contributed by atoms with Gasteiger partial charge in [0.15, 0.2) is 0 Å². The lowest BCUT2D eigenvalue weighted by Gasteiger charge is -2.21. The fourth-order valence-electron chi connectivity index (χ4n) is 1.74. The van der Waals surface area contributed by atoms with E-state index in [-0.39, 0.29) is 9.49 Å². The Bertz CT molecular complexity index is 414. The summed E-state index contributed by atoms with van der Waals surface area (Å²) in [5.41, 5.74) is 3.36. The van der Waals surface area contributed by atoms with Crippen LogP contribution in [0.4, 0.5) is 0 Å². The van der Waals surface area contributed by atoms with Crippen LogP contribution in [0.1, 0.15) is 58.2 Å². The Morgan fingerprint density at radius 2 is 1.20 bits per heavy atom. The van der Waals surface area contributed by atoms with E-state index >= 15 is 0 Å². The van der Waals surface area contributed by atoms with Gasteiger partial charge in [-0.15, -0.1) is 0 Å². The molecule has 0 radical (unpaired) electrons. The molecule has 1 aromatic rings. The fourth-order valence-corrected chi connectivity index (χ4v) is 3.36. The Balaban J connectivity index is 2.89. The number of phenols is 1. The minimum Gasteiger partial charge on any atom is -0.507 e. The standard InChI is InChI=1S/C17H28OS2/c1-12-8-13(10-19-16(2,3)4)15(18)14(9-12)11-20-17(5,6)7/h8-9,18H,10-11H2,1-7H3. The summed E-state index contributed by atoms with van der Waals surface area (Å²) in [5.74, 6) is 2.22. The van der Waals surface area contributed by atoms with Crippen LogP contribution >= 0.6 is 23.5 Å². The highest BCUT2D eigenvalue weighted by molar-refractivity contribution is 8.00. The van der Waals surface area contributed by atoms with Crippen LogP contribution in [0, 0.1) is 6.92 Å². The zero-order valence-corrected chi connectivity index (χ0v) is 15.5. The van der Waals surface area contributed by atoms with Gasteiger partial charge in [0, 0.05) is 32.1 Å². The maximum absolute atomic E-state index is 10.5. The van der Waals surface area contributed by atoms with E-state index in [4.69, 9.17) is 0 Å². The Kier molecular flexibility index (Phi) is 5.91. The smallest absolute Gasteiger partial charge is 0.123 e. The first-order valence-corrected chi connectivity index (χ1v) is 9.04. The zero-order valence-electron chi connectivity index (χ0n) is 13.8. The molecule has 0 fully saturated rings. The second-order valence-electron chi connectivity index (χ2n) is 7.23. The molecule has 1 aromatic carbocycles. The van der Waals surface area contributed by atoms with Crippen molar-refractivity contribution in [2.75, 3.05) is 0 Å². The molecule has 0 unspecified atom stereocenters. The zero-order chi connectivity index (χ0) is 15.6. The Morgan fingerprint density at radius 3 is 1.50 bits per heavy atom. The van der Waals surface area contributed by atoms with Crippen molar-refractivity contribution in [3.63, 3.8) is 0 Å². The lowest BCUT2D eigenvalue weighted by atomic mass is 10.1. The van der Waals surface area contributed by atoms with Gasteiger partial charge in [-0.2, -0.15) is 23.5 Å². The van der Waals surface area contributed by atoms with Crippen molar-refractivity contribution in [1.29, 1.82) is 0 Å². The average Bonchev–Trinajstić information content (AvgIpc) is 2.25. The van der Waals surface area contributed by atoms with Crippen molar-refractivity contribution in [1.82, 2.24) is 0 Å². The van der Waals surface area contributed by atoms with Crippen molar-refractivity contribution in [3.05, 3.63) is 28.8 Å². The number of aromatic hydroxyl groups is 1. The van der Waals surface area contributed by atoms with E-state index in [1.807, 2.05) is 23.5 Å². The van der Waals surface area contributed by atoms with Crippen LogP contribution in [0.15, 0.2) is 12.1 Å². The van der Waals surface area contributed by atoms with Crippen molar-refractivity contribution in [2.45, 2.75) is 69.5 Å². The van der Waals surface area contributed by atoms with Crippen LogP contribution in [0.25, 0.3) is 0 Å². The summed E-state index contributed by atoms with van der Waals surface area (Å²) in [5, 5.41) is 10.5. The first-order valence-electron chi connectivity index (χ1n) is 7.07. The minimum absolute atomic E-state index is 0.219. The molecule has 3 heteroatoms. The third-order valence-corrected chi connectivity index (χ3v) is 5.38. The Morgan fingerprint density at radius 1 is 0.850 bits per heavy atom. The van der Waals surface area contributed by atoms with Crippen LogP contribution < -0.4 is 0 Å². The van der Waals surface area contributed by atoms with Crippen molar-refractivity contribution < 1.29 is 5.11 Å². The molecule has 0 bridgehead atoms. The summed E-state index contributed by atoms with van der Waals surface area (Å²) in [6.07, 6.45) is 0. The summed E-state index contributed by atoms with van der Waals surface area (Å²) in [7, 11) is 0. The monoisotopic (exact) mass is 312 g/mol. The van der Waals surface area contributed by atoms with Gasteiger partial charge in [0.2, 0.25) is 0 Å². The molecule has 0 atom stereocenters. The van der Waals surface area contributed by atoms with Crippen LogP contribution in [0.2, 0.25) is 0 Å². The van der Waals surface area contributed by atoms with Crippen molar-refractivity contribution >= 4 is 23.5 Å². The minimum atomic E-state index is 0.219. The van der Waals surface area contributed by atoms with E-state index in [9.17, 15) is 5.11 Å². The van der Waals surface area contributed by atoms with E-state index in [0.29, 0.717) is 5.75 Å². The van der Waals surface area contributed by atoms with E-state index in [2.05, 4.69) is 60.6 Å². The Labute approximate surface area is 132 Å². The third kappa shape index (κ3) is 6.45. The molecule has 0 aliphatic heterocycles. The maximum Gasteiger partial charge on any atom is 0.123 e. The van der Waals surface area contributed by atoms with Crippen LogP contribution in [-0.4, -0.2) is 14.6 Å². The molecule has 1 nitrogen and oxygen atoms in total.